The van der Waals surface area contributed by atoms with Crippen molar-refractivity contribution < 1.29 is 4.74 Å². The summed E-state index contributed by atoms with van der Waals surface area (Å²) in [4.78, 5) is 0. The third-order valence-corrected chi connectivity index (χ3v) is 4.95. The van der Waals surface area contributed by atoms with E-state index in [1.807, 2.05) is 6.07 Å². The van der Waals surface area contributed by atoms with Gasteiger partial charge in [0, 0.05) is 5.54 Å². The fourth-order valence-corrected chi connectivity index (χ4v) is 3.79. The maximum Gasteiger partial charge on any atom is 0.133 e. The van der Waals surface area contributed by atoms with Crippen molar-refractivity contribution in [3.05, 3.63) is 63.6 Å². The van der Waals surface area contributed by atoms with Crippen LogP contribution in [0.4, 0.5) is 0 Å². The molecule has 1 unspecified atom stereocenters. The van der Waals surface area contributed by atoms with Gasteiger partial charge < -0.3 is 10.5 Å². The number of halogens is 1. The van der Waals surface area contributed by atoms with Gasteiger partial charge in [0.15, 0.2) is 0 Å². The van der Waals surface area contributed by atoms with Gasteiger partial charge in [0.25, 0.3) is 0 Å². The number of fused-ring (bicyclic) bond motifs is 1. The number of benzene rings is 2. The van der Waals surface area contributed by atoms with Crippen molar-refractivity contribution in [2.75, 3.05) is 7.11 Å². The topological polar surface area (TPSA) is 35.2 Å². The molecule has 0 bridgehead atoms. The van der Waals surface area contributed by atoms with E-state index in [0.717, 1.165) is 35.9 Å². The molecule has 2 aromatic carbocycles. The van der Waals surface area contributed by atoms with Crippen molar-refractivity contribution in [3.8, 4) is 5.75 Å². The maximum atomic E-state index is 6.68. The predicted octanol–water partition coefficient (Wildman–Crippen LogP) is 3.89. The van der Waals surface area contributed by atoms with E-state index < -0.39 is 0 Å². The molecule has 1 aliphatic rings. The zero-order valence-electron chi connectivity index (χ0n) is 12.2. The summed E-state index contributed by atoms with van der Waals surface area (Å²) in [6, 6.07) is 14.9. The number of aryl methyl sites for hydroxylation is 1. The molecule has 1 aliphatic carbocycles. The highest BCUT2D eigenvalue weighted by atomic mass is 79.9. The molecule has 0 radical (unpaired) electrons. The van der Waals surface area contributed by atoms with Crippen molar-refractivity contribution in [1.29, 1.82) is 0 Å². The average molecular weight is 346 g/mol. The Morgan fingerprint density at radius 1 is 1.19 bits per heavy atom. The average Bonchev–Trinajstić information content (AvgIpc) is 2.47. The van der Waals surface area contributed by atoms with Gasteiger partial charge in [0.1, 0.15) is 5.75 Å². The molecule has 1 atom stereocenters. The Labute approximate surface area is 134 Å². The third-order valence-electron chi connectivity index (χ3n) is 4.33. The Balaban J connectivity index is 1.80. The first-order valence-corrected chi connectivity index (χ1v) is 8.07. The van der Waals surface area contributed by atoms with Crippen LogP contribution in [0.5, 0.6) is 5.75 Å². The van der Waals surface area contributed by atoms with Crippen LogP contribution >= 0.6 is 15.9 Å². The normalized spacial score (nSPS) is 20.9. The molecule has 0 saturated carbocycles. The third kappa shape index (κ3) is 3.14. The van der Waals surface area contributed by atoms with E-state index in [0.29, 0.717) is 0 Å². The standard InChI is InChI=1S/C18H20BrNO/c1-21-17-7-6-13(10-16(17)19)11-18(20)9-8-14-4-2-3-5-15(14)12-18/h2-7,10H,8-9,11-12,20H2,1H3. The predicted molar refractivity (Wildman–Crippen MR) is 89.8 cm³/mol. The van der Waals surface area contributed by atoms with Crippen LogP contribution in [0, 0.1) is 0 Å². The van der Waals surface area contributed by atoms with Crippen LogP contribution in [-0.2, 0) is 19.3 Å². The van der Waals surface area contributed by atoms with Crippen LogP contribution in [0.2, 0.25) is 0 Å². The number of nitrogens with two attached hydrogens (primary N) is 1. The van der Waals surface area contributed by atoms with Gasteiger partial charge in [-0.1, -0.05) is 30.3 Å². The van der Waals surface area contributed by atoms with Gasteiger partial charge in [-0.3, -0.25) is 0 Å². The summed E-state index contributed by atoms with van der Waals surface area (Å²) in [5.74, 6) is 0.860. The quantitative estimate of drug-likeness (QED) is 0.915. The second-order valence-electron chi connectivity index (χ2n) is 5.95. The molecule has 0 fully saturated rings. The summed E-state index contributed by atoms with van der Waals surface area (Å²) in [6.07, 6.45) is 3.95. The first-order chi connectivity index (χ1) is 10.1. The zero-order chi connectivity index (χ0) is 14.9. The second-order valence-corrected chi connectivity index (χ2v) is 6.81. The van der Waals surface area contributed by atoms with E-state index in [-0.39, 0.29) is 5.54 Å². The fourth-order valence-electron chi connectivity index (χ4n) is 3.20. The number of ether oxygens (including phenoxy) is 1. The monoisotopic (exact) mass is 345 g/mol. The Morgan fingerprint density at radius 2 is 1.95 bits per heavy atom. The summed E-state index contributed by atoms with van der Waals surface area (Å²) in [6.45, 7) is 0. The maximum absolute atomic E-state index is 6.68. The summed E-state index contributed by atoms with van der Waals surface area (Å²) in [7, 11) is 1.68. The molecule has 0 heterocycles. The molecule has 0 aromatic heterocycles. The molecule has 0 saturated heterocycles. The SMILES string of the molecule is COc1ccc(CC2(N)CCc3ccccc3C2)cc1Br. The minimum Gasteiger partial charge on any atom is -0.496 e. The van der Waals surface area contributed by atoms with Gasteiger partial charge in [0.05, 0.1) is 11.6 Å². The zero-order valence-corrected chi connectivity index (χ0v) is 13.8. The molecule has 0 aliphatic heterocycles. The van der Waals surface area contributed by atoms with Gasteiger partial charge in [-0.15, -0.1) is 0 Å². The minimum absolute atomic E-state index is 0.150. The van der Waals surface area contributed by atoms with Crippen LogP contribution in [0.3, 0.4) is 0 Å². The van der Waals surface area contributed by atoms with Crippen LogP contribution in [-0.4, -0.2) is 12.6 Å². The Bertz CT molecular complexity index is 655. The van der Waals surface area contributed by atoms with E-state index in [4.69, 9.17) is 10.5 Å². The van der Waals surface area contributed by atoms with Gasteiger partial charge in [-0.25, -0.2) is 0 Å². The fraction of sp³-hybridized carbons (Fsp3) is 0.333. The summed E-state index contributed by atoms with van der Waals surface area (Å²) >= 11 is 3.55. The number of hydrogen-bond donors (Lipinski definition) is 1. The van der Waals surface area contributed by atoms with Gasteiger partial charge in [0.2, 0.25) is 0 Å². The van der Waals surface area contributed by atoms with Crippen LogP contribution in [0.15, 0.2) is 46.9 Å². The molecule has 0 spiro atoms. The minimum atomic E-state index is -0.150. The number of rotatable bonds is 3. The molecule has 21 heavy (non-hydrogen) atoms. The van der Waals surface area contributed by atoms with Crippen LogP contribution < -0.4 is 10.5 Å². The van der Waals surface area contributed by atoms with Crippen molar-refractivity contribution in [1.82, 2.24) is 0 Å². The van der Waals surface area contributed by atoms with E-state index in [1.165, 1.54) is 16.7 Å². The van der Waals surface area contributed by atoms with E-state index in [9.17, 15) is 0 Å². The molecule has 0 amide bonds. The van der Waals surface area contributed by atoms with Gasteiger partial charge >= 0.3 is 0 Å². The molecule has 110 valence electrons. The highest BCUT2D eigenvalue weighted by molar-refractivity contribution is 9.10. The lowest BCUT2D eigenvalue weighted by molar-refractivity contribution is 0.368. The lowest BCUT2D eigenvalue weighted by atomic mass is 9.75. The first kappa shape index (κ1) is 14.6. The van der Waals surface area contributed by atoms with Crippen LogP contribution in [0.1, 0.15) is 23.1 Å². The first-order valence-electron chi connectivity index (χ1n) is 7.28. The molecular formula is C18H20BrNO. The van der Waals surface area contributed by atoms with Gasteiger partial charge in [-0.2, -0.15) is 0 Å². The van der Waals surface area contributed by atoms with Crippen molar-refractivity contribution in [3.63, 3.8) is 0 Å². The lowest BCUT2D eigenvalue weighted by Crippen LogP contribution is -2.47. The van der Waals surface area contributed by atoms with Gasteiger partial charge in [-0.05, 0) is 70.4 Å². The van der Waals surface area contributed by atoms with Crippen molar-refractivity contribution in [2.45, 2.75) is 31.2 Å². The molecule has 3 rings (SSSR count). The van der Waals surface area contributed by atoms with Crippen molar-refractivity contribution >= 4 is 15.9 Å². The Kier molecular flexibility index (Phi) is 4.05. The van der Waals surface area contributed by atoms with E-state index in [2.05, 4.69) is 52.3 Å². The van der Waals surface area contributed by atoms with Crippen LogP contribution in [0.25, 0.3) is 0 Å². The summed E-state index contributed by atoms with van der Waals surface area (Å²) in [5.41, 5.74) is 10.6. The Hall–Kier alpha value is -1.32. The molecular weight excluding hydrogens is 326 g/mol. The number of hydrogen-bond acceptors (Lipinski definition) is 2. The highest BCUT2D eigenvalue weighted by Gasteiger charge is 2.30. The molecule has 2 aromatic rings. The molecule has 2 nitrogen and oxygen atoms in total. The van der Waals surface area contributed by atoms with Crippen molar-refractivity contribution in [2.24, 2.45) is 5.73 Å². The largest absolute Gasteiger partial charge is 0.496 e. The molecule has 2 N–H and O–H groups in total. The lowest BCUT2D eigenvalue weighted by Gasteiger charge is -2.35. The highest BCUT2D eigenvalue weighted by Crippen LogP contribution is 2.32. The van der Waals surface area contributed by atoms with E-state index >= 15 is 0 Å². The smallest absolute Gasteiger partial charge is 0.133 e. The number of methoxy groups -OCH3 is 1. The molecule has 3 heteroatoms. The summed E-state index contributed by atoms with van der Waals surface area (Å²) < 4.78 is 6.27. The summed E-state index contributed by atoms with van der Waals surface area (Å²) in [5, 5.41) is 0. The van der Waals surface area contributed by atoms with E-state index in [1.54, 1.807) is 7.11 Å². The Morgan fingerprint density at radius 3 is 2.67 bits per heavy atom. The second kappa shape index (κ2) is 5.82.